The van der Waals surface area contributed by atoms with Crippen LogP contribution in [0.3, 0.4) is 0 Å². The van der Waals surface area contributed by atoms with Gasteiger partial charge in [0, 0.05) is 38.4 Å². The predicted octanol–water partition coefficient (Wildman–Crippen LogP) is 2.91. The third-order valence-corrected chi connectivity index (χ3v) is 3.93. The second kappa shape index (κ2) is 9.01. The van der Waals surface area contributed by atoms with Crippen molar-refractivity contribution in [3.05, 3.63) is 29.8 Å². The molecular weight excluding hydrogens is 300 g/mol. The molecule has 1 aliphatic heterocycles. The summed E-state index contributed by atoms with van der Waals surface area (Å²) in [5.41, 5.74) is 6.93. The minimum absolute atomic E-state index is 0. The number of carbonyl (C=O) groups excluding carboxylic acids is 1. The first-order valence-corrected chi connectivity index (χ1v) is 7.81. The number of amides is 1. The highest BCUT2D eigenvalue weighted by Gasteiger charge is 2.23. The lowest BCUT2D eigenvalue weighted by atomic mass is 10.1. The molecule has 5 heteroatoms. The van der Waals surface area contributed by atoms with E-state index in [0.29, 0.717) is 6.42 Å². The number of rotatable bonds is 5. The number of likely N-dealkylation sites (tertiary alicyclic amines) is 1. The molecule has 0 bridgehead atoms. The van der Waals surface area contributed by atoms with Crippen molar-refractivity contribution in [3.63, 3.8) is 0 Å². The van der Waals surface area contributed by atoms with Crippen molar-refractivity contribution in [3.8, 4) is 5.75 Å². The first-order chi connectivity index (χ1) is 10.0. The summed E-state index contributed by atoms with van der Waals surface area (Å²) in [5.74, 6) is 1.14. The molecular formula is C17H27ClN2O2. The second-order valence-corrected chi connectivity index (χ2v) is 6.03. The number of benzene rings is 1. The number of hydrogen-bond acceptors (Lipinski definition) is 3. The summed E-state index contributed by atoms with van der Waals surface area (Å²) in [6, 6.07) is 8.23. The first kappa shape index (κ1) is 18.8. The third-order valence-electron chi connectivity index (χ3n) is 3.93. The van der Waals surface area contributed by atoms with Gasteiger partial charge in [-0.25, -0.2) is 0 Å². The Morgan fingerprint density at radius 2 is 1.91 bits per heavy atom. The van der Waals surface area contributed by atoms with Crippen molar-refractivity contribution >= 4 is 18.3 Å². The van der Waals surface area contributed by atoms with Crippen LogP contribution in [0.1, 0.15) is 38.2 Å². The van der Waals surface area contributed by atoms with Crippen molar-refractivity contribution in [2.24, 2.45) is 5.73 Å². The zero-order chi connectivity index (χ0) is 15.2. The fraction of sp³-hybridized carbons (Fsp3) is 0.588. The van der Waals surface area contributed by atoms with Gasteiger partial charge in [0.2, 0.25) is 5.91 Å². The van der Waals surface area contributed by atoms with Gasteiger partial charge in [-0.3, -0.25) is 4.79 Å². The van der Waals surface area contributed by atoms with Crippen LogP contribution in [0.2, 0.25) is 0 Å². The van der Waals surface area contributed by atoms with E-state index in [4.69, 9.17) is 10.5 Å². The van der Waals surface area contributed by atoms with Crippen molar-refractivity contribution in [1.29, 1.82) is 0 Å². The summed E-state index contributed by atoms with van der Waals surface area (Å²) in [6.07, 6.45) is 3.33. The maximum atomic E-state index is 12.0. The molecule has 1 aliphatic rings. The highest BCUT2D eigenvalue weighted by atomic mass is 35.5. The minimum atomic E-state index is 0. The quantitative estimate of drug-likeness (QED) is 0.905. The molecule has 2 N–H and O–H groups in total. The lowest BCUT2D eigenvalue weighted by molar-refractivity contribution is -0.133. The number of ether oxygens (including phenoxy) is 1. The van der Waals surface area contributed by atoms with Gasteiger partial charge in [0.15, 0.2) is 0 Å². The summed E-state index contributed by atoms with van der Waals surface area (Å²) in [6.45, 7) is 5.58. The number of hydrogen-bond donors (Lipinski definition) is 1. The second-order valence-electron chi connectivity index (χ2n) is 6.03. The first-order valence-electron chi connectivity index (χ1n) is 7.81. The van der Waals surface area contributed by atoms with E-state index in [9.17, 15) is 4.79 Å². The zero-order valence-corrected chi connectivity index (χ0v) is 14.3. The Balaban J connectivity index is 0.00000242. The Labute approximate surface area is 139 Å². The van der Waals surface area contributed by atoms with Gasteiger partial charge in [0.05, 0.1) is 0 Å². The van der Waals surface area contributed by atoms with Gasteiger partial charge in [0.25, 0.3) is 0 Å². The molecule has 0 aromatic heterocycles. The van der Waals surface area contributed by atoms with E-state index in [1.807, 2.05) is 24.0 Å². The van der Waals surface area contributed by atoms with E-state index in [1.54, 1.807) is 0 Å². The summed E-state index contributed by atoms with van der Waals surface area (Å²) in [4.78, 5) is 14.0. The van der Waals surface area contributed by atoms with Gasteiger partial charge in [0.1, 0.15) is 11.9 Å². The van der Waals surface area contributed by atoms with Gasteiger partial charge < -0.3 is 15.4 Å². The molecule has 0 radical (unpaired) electrons. The highest BCUT2D eigenvalue weighted by molar-refractivity contribution is 5.85. The van der Waals surface area contributed by atoms with Crippen LogP contribution in [-0.2, 0) is 4.79 Å². The van der Waals surface area contributed by atoms with Gasteiger partial charge in [-0.15, -0.1) is 12.4 Å². The number of carbonyl (C=O) groups is 1. The number of halogens is 1. The summed E-state index contributed by atoms with van der Waals surface area (Å²) >= 11 is 0. The fourth-order valence-corrected chi connectivity index (χ4v) is 2.54. The largest absolute Gasteiger partial charge is 0.490 e. The van der Waals surface area contributed by atoms with Crippen molar-refractivity contribution in [1.82, 2.24) is 4.90 Å². The molecule has 0 saturated carbocycles. The van der Waals surface area contributed by atoms with Crippen LogP contribution in [0.4, 0.5) is 0 Å². The Morgan fingerprint density at radius 1 is 1.32 bits per heavy atom. The normalized spacial score (nSPS) is 16.8. The van der Waals surface area contributed by atoms with Crippen LogP contribution in [0.15, 0.2) is 24.3 Å². The minimum Gasteiger partial charge on any atom is -0.490 e. The van der Waals surface area contributed by atoms with Crippen LogP contribution in [0, 0.1) is 6.92 Å². The molecule has 0 spiro atoms. The zero-order valence-electron chi connectivity index (χ0n) is 13.5. The molecule has 1 amide bonds. The Hall–Kier alpha value is -1.26. The molecule has 1 unspecified atom stereocenters. The molecule has 2 rings (SSSR count). The van der Waals surface area contributed by atoms with Crippen molar-refractivity contribution in [2.75, 3.05) is 13.1 Å². The lowest BCUT2D eigenvalue weighted by Gasteiger charge is -2.32. The molecule has 124 valence electrons. The maximum absolute atomic E-state index is 12.0. The van der Waals surface area contributed by atoms with Crippen LogP contribution in [-0.4, -0.2) is 36.0 Å². The molecule has 4 nitrogen and oxygen atoms in total. The predicted molar refractivity (Wildman–Crippen MR) is 91.5 cm³/mol. The number of nitrogens with two attached hydrogens (primary N) is 1. The SMILES string of the molecule is Cc1ccc(OC2CCN(C(=O)CCC(C)N)CC2)cc1.Cl. The van der Waals surface area contributed by atoms with E-state index in [0.717, 1.165) is 38.1 Å². The number of piperidine rings is 1. The van der Waals surface area contributed by atoms with Crippen LogP contribution >= 0.6 is 12.4 Å². The summed E-state index contributed by atoms with van der Waals surface area (Å²) in [5, 5.41) is 0. The van der Waals surface area contributed by atoms with E-state index in [-0.39, 0.29) is 30.5 Å². The average Bonchev–Trinajstić information content (AvgIpc) is 2.48. The Bertz CT molecular complexity index is 454. The van der Waals surface area contributed by atoms with Crippen LogP contribution in [0.5, 0.6) is 5.75 Å². The number of nitrogens with zero attached hydrogens (tertiary/aromatic N) is 1. The van der Waals surface area contributed by atoms with Crippen LogP contribution < -0.4 is 10.5 Å². The van der Waals surface area contributed by atoms with E-state index < -0.39 is 0 Å². The molecule has 1 fully saturated rings. The lowest BCUT2D eigenvalue weighted by Crippen LogP contribution is -2.42. The van der Waals surface area contributed by atoms with Crippen molar-refractivity contribution < 1.29 is 9.53 Å². The smallest absolute Gasteiger partial charge is 0.222 e. The van der Waals surface area contributed by atoms with Gasteiger partial charge in [-0.05, 0) is 32.4 Å². The molecule has 1 atom stereocenters. The molecule has 1 aromatic carbocycles. The Morgan fingerprint density at radius 3 is 2.45 bits per heavy atom. The average molecular weight is 327 g/mol. The van der Waals surface area contributed by atoms with Crippen LogP contribution in [0.25, 0.3) is 0 Å². The molecule has 1 aromatic rings. The number of aryl methyl sites for hydroxylation is 1. The van der Waals surface area contributed by atoms with E-state index >= 15 is 0 Å². The maximum Gasteiger partial charge on any atom is 0.222 e. The molecule has 1 saturated heterocycles. The van der Waals surface area contributed by atoms with Gasteiger partial charge in [-0.2, -0.15) is 0 Å². The topological polar surface area (TPSA) is 55.6 Å². The summed E-state index contributed by atoms with van der Waals surface area (Å²) < 4.78 is 5.98. The standard InChI is InChI=1S/C17H26N2O2.ClH/c1-13-3-6-15(7-4-13)21-16-9-11-19(12-10-16)17(20)8-5-14(2)18;/h3-4,6-7,14,16H,5,8-12,18H2,1-2H3;1H. The highest BCUT2D eigenvalue weighted by Crippen LogP contribution is 2.20. The van der Waals surface area contributed by atoms with E-state index in [2.05, 4.69) is 19.1 Å². The monoisotopic (exact) mass is 326 g/mol. The molecule has 0 aliphatic carbocycles. The van der Waals surface area contributed by atoms with Crippen molar-refractivity contribution in [2.45, 2.75) is 51.7 Å². The van der Waals surface area contributed by atoms with Gasteiger partial charge in [-0.1, -0.05) is 17.7 Å². The third kappa shape index (κ3) is 5.85. The van der Waals surface area contributed by atoms with Gasteiger partial charge >= 0.3 is 0 Å². The molecule has 1 heterocycles. The molecule has 22 heavy (non-hydrogen) atoms. The fourth-order valence-electron chi connectivity index (χ4n) is 2.54. The summed E-state index contributed by atoms with van der Waals surface area (Å²) in [7, 11) is 0. The Kier molecular flexibility index (Phi) is 7.69. The van der Waals surface area contributed by atoms with E-state index in [1.165, 1.54) is 5.56 Å².